The summed E-state index contributed by atoms with van der Waals surface area (Å²) in [7, 11) is 0. The topological polar surface area (TPSA) is 92.2 Å². The molecule has 1 aromatic rings. The molecule has 2 atom stereocenters. The number of anilines is 1. The molecule has 1 aliphatic rings. The van der Waals surface area contributed by atoms with Gasteiger partial charge < -0.3 is 10.4 Å². The van der Waals surface area contributed by atoms with Crippen molar-refractivity contribution in [2.45, 2.75) is 32.6 Å². The van der Waals surface area contributed by atoms with Crippen molar-refractivity contribution in [3.63, 3.8) is 0 Å². The van der Waals surface area contributed by atoms with Crippen LogP contribution >= 0.6 is 11.3 Å². The number of carboxylic acids is 1. The minimum absolute atomic E-state index is 0.142. The van der Waals surface area contributed by atoms with E-state index < -0.39 is 11.9 Å². The van der Waals surface area contributed by atoms with Gasteiger partial charge in [-0.05, 0) is 26.2 Å². The number of carbonyl (C=O) groups excluding carboxylic acids is 1. The van der Waals surface area contributed by atoms with Crippen molar-refractivity contribution >= 4 is 28.3 Å². The van der Waals surface area contributed by atoms with Crippen LogP contribution in [0.3, 0.4) is 0 Å². The highest BCUT2D eigenvalue weighted by atomic mass is 32.1. The van der Waals surface area contributed by atoms with Gasteiger partial charge in [0.2, 0.25) is 11.0 Å². The summed E-state index contributed by atoms with van der Waals surface area (Å²) < 4.78 is 0. The average molecular weight is 269 g/mol. The molecule has 0 bridgehead atoms. The average Bonchev–Trinajstić information content (AvgIpc) is 2.75. The summed E-state index contributed by atoms with van der Waals surface area (Å²) in [5, 5.41) is 20.6. The number of aromatic nitrogens is 2. The summed E-state index contributed by atoms with van der Waals surface area (Å²) >= 11 is 1.32. The predicted octanol–water partition coefficient (Wildman–Crippen LogP) is 1.68. The molecule has 0 aliphatic heterocycles. The smallest absolute Gasteiger partial charge is 0.306 e. The van der Waals surface area contributed by atoms with Gasteiger partial charge in [-0.3, -0.25) is 9.59 Å². The zero-order chi connectivity index (χ0) is 13.1. The lowest BCUT2D eigenvalue weighted by atomic mass is 9.81. The lowest BCUT2D eigenvalue weighted by Gasteiger charge is -2.25. The lowest BCUT2D eigenvalue weighted by molar-refractivity contribution is -0.143. The second-order valence-corrected chi connectivity index (χ2v) is 5.70. The third-order valence-electron chi connectivity index (χ3n) is 3.15. The Labute approximate surface area is 108 Å². The van der Waals surface area contributed by atoms with Crippen molar-refractivity contribution in [2.24, 2.45) is 11.8 Å². The molecule has 1 fully saturated rings. The fourth-order valence-electron chi connectivity index (χ4n) is 2.21. The van der Waals surface area contributed by atoms with Crippen molar-refractivity contribution in [2.75, 3.05) is 5.32 Å². The van der Waals surface area contributed by atoms with Crippen LogP contribution in [0, 0.1) is 18.8 Å². The molecule has 2 N–H and O–H groups in total. The van der Waals surface area contributed by atoms with E-state index in [9.17, 15) is 9.59 Å². The predicted molar refractivity (Wildman–Crippen MR) is 66.4 cm³/mol. The van der Waals surface area contributed by atoms with Gasteiger partial charge in [0.15, 0.2) is 0 Å². The van der Waals surface area contributed by atoms with Gasteiger partial charge in [-0.1, -0.05) is 17.8 Å². The van der Waals surface area contributed by atoms with Gasteiger partial charge in [0.25, 0.3) is 0 Å². The SMILES string of the molecule is Cc1nnc(NC(=O)C2CCCC(C(=O)O)C2)s1. The molecule has 1 saturated carbocycles. The van der Waals surface area contributed by atoms with E-state index in [1.807, 2.05) is 6.92 Å². The fraction of sp³-hybridized carbons (Fsp3) is 0.636. The fourth-order valence-corrected chi connectivity index (χ4v) is 2.80. The normalized spacial score (nSPS) is 23.6. The zero-order valence-corrected chi connectivity index (χ0v) is 10.9. The van der Waals surface area contributed by atoms with Crippen molar-refractivity contribution in [3.05, 3.63) is 5.01 Å². The summed E-state index contributed by atoms with van der Waals surface area (Å²) in [5.74, 6) is -1.58. The molecule has 7 heteroatoms. The highest BCUT2D eigenvalue weighted by Gasteiger charge is 2.31. The number of amides is 1. The van der Waals surface area contributed by atoms with Gasteiger partial charge in [0, 0.05) is 5.92 Å². The molecule has 0 aromatic carbocycles. The van der Waals surface area contributed by atoms with E-state index in [0.717, 1.165) is 17.8 Å². The number of hydrogen-bond acceptors (Lipinski definition) is 5. The Kier molecular flexibility index (Phi) is 3.90. The molecule has 98 valence electrons. The maximum Gasteiger partial charge on any atom is 0.306 e. The molecule has 0 radical (unpaired) electrons. The minimum Gasteiger partial charge on any atom is -0.481 e. The largest absolute Gasteiger partial charge is 0.481 e. The Morgan fingerprint density at radius 3 is 2.67 bits per heavy atom. The number of rotatable bonds is 3. The van der Waals surface area contributed by atoms with Gasteiger partial charge in [-0.15, -0.1) is 10.2 Å². The second-order valence-electron chi connectivity index (χ2n) is 4.51. The van der Waals surface area contributed by atoms with Gasteiger partial charge in [-0.25, -0.2) is 0 Å². The monoisotopic (exact) mass is 269 g/mol. The van der Waals surface area contributed by atoms with Gasteiger partial charge in [-0.2, -0.15) is 0 Å². The van der Waals surface area contributed by atoms with Crippen LogP contribution in [-0.4, -0.2) is 27.2 Å². The van der Waals surface area contributed by atoms with E-state index in [0.29, 0.717) is 18.0 Å². The molecule has 18 heavy (non-hydrogen) atoms. The Morgan fingerprint density at radius 1 is 1.33 bits per heavy atom. The summed E-state index contributed by atoms with van der Waals surface area (Å²) in [4.78, 5) is 22.9. The quantitative estimate of drug-likeness (QED) is 0.870. The zero-order valence-electron chi connectivity index (χ0n) is 10.0. The van der Waals surface area contributed by atoms with E-state index in [4.69, 9.17) is 5.11 Å². The van der Waals surface area contributed by atoms with Crippen molar-refractivity contribution in [1.82, 2.24) is 10.2 Å². The van der Waals surface area contributed by atoms with Crippen LogP contribution in [-0.2, 0) is 9.59 Å². The molecule has 1 amide bonds. The van der Waals surface area contributed by atoms with Crippen LogP contribution in [0.25, 0.3) is 0 Å². The maximum absolute atomic E-state index is 12.0. The van der Waals surface area contributed by atoms with Crippen molar-refractivity contribution in [3.8, 4) is 0 Å². The summed E-state index contributed by atoms with van der Waals surface area (Å²) in [6.07, 6.45) is 2.60. The number of nitrogens with zero attached hydrogens (tertiary/aromatic N) is 2. The van der Waals surface area contributed by atoms with Crippen LogP contribution in [0.5, 0.6) is 0 Å². The minimum atomic E-state index is -0.806. The molecule has 2 unspecified atom stereocenters. The van der Waals surface area contributed by atoms with Crippen LogP contribution in [0.1, 0.15) is 30.7 Å². The molecule has 6 nitrogen and oxygen atoms in total. The number of aliphatic carboxylic acids is 1. The second kappa shape index (κ2) is 5.43. The highest BCUT2D eigenvalue weighted by molar-refractivity contribution is 7.15. The number of hydrogen-bond donors (Lipinski definition) is 2. The third-order valence-corrected chi connectivity index (χ3v) is 3.90. The van der Waals surface area contributed by atoms with E-state index >= 15 is 0 Å². The maximum atomic E-state index is 12.0. The standard InChI is InChI=1S/C11H15N3O3S/c1-6-13-14-11(18-6)12-9(15)7-3-2-4-8(5-7)10(16)17/h7-8H,2-5H2,1H3,(H,16,17)(H,12,14,15). The Bertz CT molecular complexity index is 460. The molecule has 0 spiro atoms. The number of aryl methyl sites for hydroxylation is 1. The first-order valence-electron chi connectivity index (χ1n) is 5.90. The lowest BCUT2D eigenvalue weighted by Crippen LogP contribution is -2.30. The summed E-state index contributed by atoms with van der Waals surface area (Å²) in [6, 6.07) is 0. The molecule has 1 heterocycles. The molecule has 0 saturated heterocycles. The van der Waals surface area contributed by atoms with Crippen LogP contribution in [0.2, 0.25) is 0 Å². The Balaban J connectivity index is 1.94. The molecule has 1 aliphatic carbocycles. The van der Waals surface area contributed by atoms with Gasteiger partial charge >= 0.3 is 5.97 Å². The first-order valence-corrected chi connectivity index (χ1v) is 6.71. The van der Waals surface area contributed by atoms with Gasteiger partial charge in [0.05, 0.1) is 5.92 Å². The highest BCUT2D eigenvalue weighted by Crippen LogP contribution is 2.30. The molecular weight excluding hydrogens is 254 g/mol. The summed E-state index contributed by atoms with van der Waals surface area (Å²) in [6.45, 7) is 1.81. The summed E-state index contributed by atoms with van der Waals surface area (Å²) in [5.41, 5.74) is 0. The van der Waals surface area contributed by atoms with Crippen molar-refractivity contribution in [1.29, 1.82) is 0 Å². The third kappa shape index (κ3) is 3.04. The number of nitrogens with one attached hydrogen (secondary N) is 1. The van der Waals surface area contributed by atoms with E-state index in [1.54, 1.807) is 0 Å². The Hall–Kier alpha value is -1.50. The van der Waals surface area contributed by atoms with Crippen LogP contribution < -0.4 is 5.32 Å². The van der Waals surface area contributed by atoms with Gasteiger partial charge in [0.1, 0.15) is 5.01 Å². The van der Waals surface area contributed by atoms with E-state index in [1.165, 1.54) is 11.3 Å². The molecule has 1 aromatic heterocycles. The van der Waals surface area contributed by atoms with Crippen LogP contribution in [0.4, 0.5) is 5.13 Å². The first-order chi connectivity index (χ1) is 8.56. The van der Waals surface area contributed by atoms with Crippen molar-refractivity contribution < 1.29 is 14.7 Å². The van der Waals surface area contributed by atoms with E-state index in [2.05, 4.69) is 15.5 Å². The number of carboxylic acid groups (broad SMARTS) is 1. The Morgan fingerprint density at radius 2 is 2.06 bits per heavy atom. The molecular formula is C11H15N3O3S. The van der Waals surface area contributed by atoms with Crippen LogP contribution in [0.15, 0.2) is 0 Å². The molecule has 2 rings (SSSR count). The first kappa shape index (κ1) is 12.9. The number of carbonyl (C=O) groups is 2. The van der Waals surface area contributed by atoms with E-state index in [-0.39, 0.29) is 11.8 Å².